The molecule has 15 heavy (non-hydrogen) atoms. The molecule has 2 heteroatoms. The van der Waals surface area contributed by atoms with Crippen molar-refractivity contribution in [3.05, 3.63) is 0 Å². The fraction of sp³-hybridized carbons (Fsp3) is 1.00. The molecule has 1 heterocycles. The summed E-state index contributed by atoms with van der Waals surface area (Å²) in [6, 6.07) is 0.805. The van der Waals surface area contributed by atoms with Crippen LogP contribution in [0.2, 0.25) is 0 Å². The van der Waals surface area contributed by atoms with Gasteiger partial charge in [0.2, 0.25) is 0 Å². The van der Waals surface area contributed by atoms with Gasteiger partial charge in [0.25, 0.3) is 0 Å². The summed E-state index contributed by atoms with van der Waals surface area (Å²) < 4.78 is 0. The van der Waals surface area contributed by atoms with Crippen LogP contribution < -0.4 is 5.32 Å². The van der Waals surface area contributed by atoms with Crippen LogP contribution in [-0.4, -0.2) is 37.6 Å². The third-order valence-corrected chi connectivity index (χ3v) is 4.41. The summed E-state index contributed by atoms with van der Waals surface area (Å²) >= 11 is 0. The highest BCUT2D eigenvalue weighted by Crippen LogP contribution is 2.28. The lowest BCUT2D eigenvalue weighted by molar-refractivity contribution is 0.267. The number of likely N-dealkylation sites (tertiary alicyclic amines) is 1. The Kier molecular flexibility index (Phi) is 4.04. The minimum absolute atomic E-state index is 0.805. The summed E-state index contributed by atoms with van der Waals surface area (Å²) in [5.74, 6) is 1.96. The molecule has 0 aromatic carbocycles. The molecule has 88 valence electrons. The molecule has 2 aliphatic rings. The Hall–Kier alpha value is -0.0800. The van der Waals surface area contributed by atoms with Gasteiger partial charge in [-0.05, 0) is 51.1 Å². The Labute approximate surface area is 94.4 Å². The number of nitrogens with zero attached hydrogens (tertiary/aromatic N) is 1. The first-order valence-corrected chi connectivity index (χ1v) is 6.71. The normalized spacial score (nSPS) is 37.6. The Morgan fingerprint density at radius 3 is 2.67 bits per heavy atom. The lowest BCUT2D eigenvalue weighted by Gasteiger charge is -2.20. The molecule has 2 nitrogen and oxygen atoms in total. The average Bonchev–Trinajstić information content (AvgIpc) is 2.87. The maximum Gasteiger partial charge on any atom is 0.00672 e. The van der Waals surface area contributed by atoms with E-state index in [2.05, 4.69) is 24.2 Å². The molecule has 2 rings (SSSR count). The van der Waals surface area contributed by atoms with E-state index < -0.39 is 0 Å². The summed E-state index contributed by atoms with van der Waals surface area (Å²) in [4.78, 5) is 2.71. The average molecular weight is 210 g/mol. The third kappa shape index (κ3) is 2.94. The lowest BCUT2D eigenvalue weighted by Crippen LogP contribution is -2.28. The smallest absolute Gasteiger partial charge is 0.00672 e. The van der Waals surface area contributed by atoms with Crippen LogP contribution in [-0.2, 0) is 0 Å². The van der Waals surface area contributed by atoms with Crippen molar-refractivity contribution in [2.75, 3.05) is 26.7 Å². The van der Waals surface area contributed by atoms with Gasteiger partial charge in [0, 0.05) is 19.1 Å². The first-order valence-electron chi connectivity index (χ1n) is 6.71. The zero-order valence-corrected chi connectivity index (χ0v) is 10.3. The van der Waals surface area contributed by atoms with E-state index in [1.807, 2.05) is 0 Å². The van der Waals surface area contributed by atoms with Crippen LogP contribution >= 0.6 is 0 Å². The van der Waals surface area contributed by atoms with Gasteiger partial charge in [0.1, 0.15) is 0 Å². The summed E-state index contributed by atoms with van der Waals surface area (Å²) in [6.07, 6.45) is 7.06. The van der Waals surface area contributed by atoms with Gasteiger partial charge < -0.3 is 10.2 Å². The van der Waals surface area contributed by atoms with Gasteiger partial charge in [-0.25, -0.2) is 0 Å². The van der Waals surface area contributed by atoms with Crippen LogP contribution in [0.3, 0.4) is 0 Å². The van der Waals surface area contributed by atoms with Gasteiger partial charge in [-0.2, -0.15) is 0 Å². The van der Waals surface area contributed by atoms with Crippen molar-refractivity contribution in [1.82, 2.24) is 10.2 Å². The van der Waals surface area contributed by atoms with Crippen LogP contribution in [0.5, 0.6) is 0 Å². The molecular weight excluding hydrogens is 184 g/mol. The van der Waals surface area contributed by atoms with E-state index in [4.69, 9.17) is 0 Å². The van der Waals surface area contributed by atoms with Crippen LogP contribution in [0.1, 0.15) is 39.0 Å². The summed E-state index contributed by atoms with van der Waals surface area (Å²) in [7, 11) is 2.11. The molecule has 1 aliphatic carbocycles. The predicted molar refractivity (Wildman–Crippen MR) is 65.0 cm³/mol. The lowest BCUT2D eigenvalue weighted by atomic mass is 10.1. The molecule has 0 aromatic rings. The first-order chi connectivity index (χ1) is 7.31. The Bertz CT molecular complexity index is 173. The molecule has 1 saturated carbocycles. The van der Waals surface area contributed by atoms with E-state index >= 15 is 0 Å². The minimum Gasteiger partial charge on any atom is -0.317 e. The molecule has 0 spiro atoms. The van der Waals surface area contributed by atoms with E-state index in [-0.39, 0.29) is 0 Å². The predicted octanol–water partition coefficient (Wildman–Crippen LogP) is 2.11. The Morgan fingerprint density at radius 2 is 2.07 bits per heavy atom. The maximum absolute atomic E-state index is 3.42. The summed E-state index contributed by atoms with van der Waals surface area (Å²) in [6.45, 7) is 6.44. The molecule has 0 amide bonds. The zero-order valence-electron chi connectivity index (χ0n) is 10.3. The van der Waals surface area contributed by atoms with E-state index in [9.17, 15) is 0 Å². The van der Waals surface area contributed by atoms with Gasteiger partial charge in [-0.3, -0.25) is 0 Å². The van der Waals surface area contributed by atoms with Crippen LogP contribution in [0.15, 0.2) is 0 Å². The Morgan fingerprint density at radius 1 is 1.20 bits per heavy atom. The molecular formula is C13H26N2. The highest BCUT2D eigenvalue weighted by atomic mass is 15.1. The zero-order chi connectivity index (χ0) is 10.7. The number of nitrogens with one attached hydrogen (secondary N) is 1. The Balaban J connectivity index is 1.70. The molecule has 0 aromatic heterocycles. The molecule has 0 bridgehead atoms. The van der Waals surface area contributed by atoms with Crippen molar-refractivity contribution < 1.29 is 0 Å². The van der Waals surface area contributed by atoms with Crippen molar-refractivity contribution in [2.24, 2.45) is 11.8 Å². The van der Waals surface area contributed by atoms with E-state index in [0.29, 0.717) is 0 Å². The molecule has 2 fully saturated rings. The second-order valence-corrected chi connectivity index (χ2v) is 5.49. The van der Waals surface area contributed by atoms with Crippen LogP contribution in [0.25, 0.3) is 0 Å². The highest BCUT2D eigenvalue weighted by Gasteiger charge is 2.28. The summed E-state index contributed by atoms with van der Waals surface area (Å²) in [5, 5.41) is 3.42. The molecule has 0 radical (unpaired) electrons. The van der Waals surface area contributed by atoms with Crippen molar-refractivity contribution in [2.45, 2.75) is 45.1 Å². The quantitative estimate of drug-likeness (QED) is 0.764. The van der Waals surface area contributed by atoms with Gasteiger partial charge in [0.15, 0.2) is 0 Å². The largest absolute Gasteiger partial charge is 0.317 e. The number of hydrogen-bond donors (Lipinski definition) is 1. The number of hydrogen-bond acceptors (Lipinski definition) is 2. The molecule has 1 N–H and O–H groups in total. The van der Waals surface area contributed by atoms with Crippen LogP contribution in [0, 0.1) is 11.8 Å². The fourth-order valence-electron chi connectivity index (χ4n) is 3.28. The number of rotatable bonds is 4. The highest BCUT2D eigenvalue weighted by molar-refractivity contribution is 4.84. The minimum atomic E-state index is 0.805. The van der Waals surface area contributed by atoms with Gasteiger partial charge in [-0.1, -0.05) is 13.3 Å². The standard InChI is InChI=1S/C13H26N2/c1-3-11-6-7-15(9-11)10-12-4-5-13(8-12)14-2/h11-14H,3-10H2,1-2H3. The van der Waals surface area contributed by atoms with Crippen molar-refractivity contribution >= 4 is 0 Å². The first kappa shape index (κ1) is 11.4. The van der Waals surface area contributed by atoms with E-state index in [0.717, 1.165) is 17.9 Å². The van der Waals surface area contributed by atoms with E-state index in [1.54, 1.807) is 0 Å². The van der Waals surface area contributed by atoms with E-state index in [1.165, 1.54) is 51.7 Å². The second-order valence-electron chi connectivity index (χ2n) is 5.49. The SMILES string of the molecule is CCC1CCN(CC2CCC(NC)C2)C1. The van der Waals surface area contributed by atoms with Gasteiger partial charge >= 0.3 is 0 Å². The maximum atomic E-state index is 3.42. The molecule has 3 unspecified atom stereocenters. The van der Waals surface area contributed by atoms with Crippen molar-refractivity contribution in [3.63, 3.8) is 0 Å². The van der Waals surface area contributed by atoms with Gasteiger partial charge in [0.05, 0.1) is 0 Å². The summed E-state index contributed by atoms with van der Waals surface area (Å²) in [5.41, 5.74) is 0. The van der Waals surface area contributed by atoms with Gasteiger partial charge in [-0.15, -0.1) is 0 Å². The second kappa shape index (κ2) is 5.31. The van der Waals surface area contributed by atoms with Crippen molar-refractivity contribution in [3.8, 4) is 0 Å². The molecule has 1 aliphatic heterocycles. The van der Waals surface area contributed by atoms with Crippen LogP contribution in [0.4, 0.5) is 0 Å². The fourth-order valence-corrected chi connectivity index (χ4v) is 3.28. The van der Waals surface area contributed by atoms with Crippen molar-refractivity contribution in [1.29, 1.82) is 0 Å². The topological polar surface area (TPSA) is 15.3 Å². The third-order valence-electron chi connectivity index (χ3n) is 4.41. The molecule has 1 saturated heterocycles. The monoisotopic (exact) mass is 210 g/mol. The molecule has 3 atom stereocenters.